The van der Waals surface area contributed by atoms with Gasteiger partial charge in [0.25, 0.3) is 11.8 Å². The van der Waals surface area contributed by atoms with E-state index in [0.717, 1.165) is 10.5 Å². The molecule has 0 saturated carbocycles. The number of nitrogens with zero attached hydrogens (tertiary/aromatic N) is 1. The number of rotatable bonds is 5. The third-order valence-electron chi connectivity index (χ3n) is 3.71. The van der Waals surface area contributed by atoms with E-state index in [1.807, 2.05) is 30.3 Å². The minimum atomic E-state index is -0.516. The molecule has 1 N–H and O–H groups in total. The molecule has 0 radical (unpaired) electrons. The van der Waals surface area contributed by atoms with Crippen LogP contribution in [-0.4, -0.2) is 23.3 Å². The van der Waals surface area contributed by atoms with Gasteiger partial charge in [-0.2, -0.15) is 0 Å². The van der Waals surface area contributed by atoms with Crippen molar-refractivity contribution in [2.75, 3.05) is 11.9 Å². The maximum atomic E-state index is 12.6. The third-order valence-corrected chi connectivity index (χ3v) is 4.50. The van der Waals surface area contributed by atoms with Crippen LogP contribution in [0.4, 0.5) is 5.69 Å². The van der Waals surface area contributed by atoms with Crippen LogP contribution in [-0.2, 0) is 16.0 Å². The van der Waals surface area contributed by atoms with Gasteiger partial charge in [0.1, 0.15) is 10.7 Å². The molecule has 0 fully saturated rings. The van der Waals surface area contributed by atoms with E-state index < -0.39 is 11.8 Å². The first-order valence-corrected chi connectivity index (χ1v) is 8.62. The Hall–Kier alpha value is -2.01. The summed E-state index contributed by atoms with van der Waals surface area (Å²) in [5.74, 6) is -0.986. The summed E-state index contributed by atoms with van der Waals surface area (Å²) in [7, 11) is 0. The maximum Gasteiger partial charge on any atom is 0.278 e. The van der Waals surface area contributed by atoms with Gasteiger partial charge in [0.2, 0.25) is 0 Å². The van der Waals surface area contributed by atoms with E-state index in [0.29, 0.717) is 22.2 Å². The molecule has 0 unspecified atom stereocenters. The molecule has 4 nitrogen and oxygen atoms in total. The zero-order chi connectivity index (χ0) is 18.0. The summed E-state index contributed by atoms with van der Waals surface area (Å²) in [6, 6.07) is 14.3. The quantitative estimate of drug-likeness (QED) is 0.760. The van der Waals surface area contributed by atoms with Crippen molar-refractivity contribution >= 4 is 52.3 Å². The Bertz CT molecular complexity index is 846. The molecule has 0 atom stereocenters. The zero-order valence-corrected chi connectivity index (χ0v) is 15.2. The molecule has 7 heteroatoms. The Kier molecular flexibility index (Phi) is 5.33. The summed E-state index contributed by atoms with van der Waals surface area (Å²) >= 11 is 18.0. The predicted molar refractivity (Wildman–Crippen MR) is 99.8 cm³/mol. The molecule has 0 aromatic heterocycles. The number of hydrogen-bond acceptors (Lipinski definition) is 3. The molecule has 2 aromatic rings. The van der Waals surface area contributed by atoms with Gasteiger partial charge in [-0.25, -0.2) is 0 Å². The molecular formula is C18H13Cl3N2O2. The minimum Gasteiger partial charge on any atom is -0.350 e. The number of imide groups is 1. The lowest BCUT2D eigenvalue weighted by Crippen LogP contribution is -2.34. The van der Waals surface area contributed by atoms with Gasteiger partial charge in [-0.1, -0.05) is 65.1 Å². The molecule has 1 aliphatic rings. The number of hydrogen-bond donors (Lipinski definition) is 1. The number of amides is 2. The third kappa shape index (κ3) is 3.98. The van der Waals surface area contributed by atoms with Gasteiger partial charge in [0, 0.05) is 22.3 Å². The van der Waals surface area contributed by atoms with E-state index in [1.54, 1.807) is 18.2 Å². The zero-order valence-electron chi connectivity index (χ0n) is 12.9. The molecule has 128 valence electrons. The van der Waals surface area contributed by atoms with Gasteiger partial charge in [-0.05, 0) is 30.2 Å². The molecule has 2 aromatic carbocycles. The average Bonchev–Trinajstić information content (AvgIpc) is 2.77. The van der Waals surface area contributed by atoms with Gasteiger partial charge >= 0.3 is 0 Å². The Morgan fingerprint density at radius 3 is 2.16 bits per heavy atom. The van der Waals surface area contributed by atoms with Gasteiger partial charge in [-0.15, -0.1) is 0 Å². The van der Waals surface area contributed by atoms with Crippen LogP contribution in [0.3, 0.4) is 0 Å². The maximum absolute atomic E-state index is 12.6. The number of nitrogens with one attached hydrogen (secondary N) is 1. The lowest BCUT2D eigenvalue weighted by atomic mass is 10.1. The molecule has 0 bridgehead atoms. The van der Waals surface area contributed by atoms with Crippen molar-refractivity contribution < 1.29 is 9.59 Å². The van der Waals surface area contributed by atoms with E-state index in [9.17, 15) is 9.59 Å². The summed E-state index contributed by atoms with van der Waals surface area (Å²) in [4.78, 5) is 26.0. The second-order valence-electron chi connectivity index (χ2n) is 5.47. The number of halogens is 3. The first-order chi connectivity index (χ1) is 12.0. The normalized spacial score (nSPS) is 14.4. The van der Waals surface area contributed by atoms with Crippen LogP contribution >= 0.6 is 34.8 Å². The Morgan fingerprint density at radius 2 is 1.52 bits per heavy atom. The van der Waals surface area contributed by atoms with E-state index in [4.69, 9.17) is 34.8 Å². The van der Waals surface area contributed by atoms with Crippen LogP contribution in [0.1, 0.15) is 5.56 Å². The first kappa shape index (κ1) is 17.8. The second kappa shape index (κ2) is 7.48. The molecule has 3 rings (SSSR count). The number of anilines is 1. The van der Waals surface area contributed by atoms with E-state index in [2.05, 4.69) is 5.32 Å². The Balaban J connectivity index is 1.75. The van der Waals surface area contributed by atoms with Crippen molar-refractivity contribution in [3.63, 3.8) is 0 Å². The van der Waals surface area contributed by atoms with Crippen molar-refractivity contribution in [3.05, 3.63) is 74.9 Å². The van der Waals surface area contributed by atoms with Crippen LogP contribution in [0.5, 0.6) is 0 Å². The van der Waals surface area contributed by atoms with Crippen LogP contribution in [0.25, 0.3) is 0 Å². The van der Waals surface area contributed by atoms with E-state index >= 15 is 0 Å². The fraction of sp³-hybridized carbons (Fsp3) is 0.111. The first-order valence-electron chi connectivity index (χ1n) is 7.48. The fourth-order valence-corrected chi connectivity index (χ4v) is 3.27. The molecule has 25 heavy (non-hydrogen) atoms. The van der Waals surface area contributed by atoms with Crippen LogP contribution < -0.4 is 5.32 Å². The summed E-state index contributed by atoms with van der Waals surface area (Å²) in [6.07, 6.45) is 0.554. The molecule has 0 aliphatic carbocycles. The van der Waals surface area contributed by atoms with Crippen molar-refractivity contribution in [1.82, 2.24) is 4.90 Å². The van der Waals surface area contributed by atoms with Crippen LogP contribution in [0.2, 0.25) is 10.0 Å². The van der Waals surface area contributed by atoms with Crippen molar-refractivity contribution in [2.24, 2.45) is 0 Å². The smallest absolute Gasteiger partial charge is 0.278 e. The molecule has 2 amide bonds. The molecular weight excluding hydrogens is 383 g/mol. The standard InChI is InChI=1S/C18H13Cl3N2O2/c19-12-8-13(20)10-14(9-12)22-16-15(21)17(24)23(18(16)25)7-6-11-4-2-1-3-5-11/h1-5,8-10,22H,6-7H2. The highest BCUT2D eigenvalue weighted by molar-refractivity contribution is 6.48. The summed E-state index contributed by atoms with van der Waals surface area (Å²) < 4.78 is 0. The van der Waals surface area contributed by atoms with Crippen molar-refractivity contribution in [1.29, 1.82) is 0 Å². The van der Waals surface area contributed by atoms with Gasteiger partial charge in [-0.3, -0.25) is 14.5 Å². The van der Waals surface area contributed by atoms with E-state index in [1.165, 1.54) is 0 Å². The Morgan fingerprint density at radius 1 is 0.880 bits per heavy atom. The minimum absolute atomic E-state index is 0.0260. The highest BCUT2D eigenvalue weighted by Crippen LogP contribution is 2.28. The summed E-state index contributed by atoms with van der Waals surface area (Å²) in [5, 5.41) is 3.52. The second-order valence-corrected chi connectivity index (χ2v) is 6.72. The molecule has 0 spiro atoms. The lowest BCUT2D eigenvalue weighted by molar-refractivity contribution is -0.137. The summed E-state index contributed by atoms with van der Waals surface area (Å²) in [6.45, 7) is 0.249. The fourth-order valence-electron chi connectivity index (χ4n) is 2.51. The number of carbonyl (C=O) groups excluding carboxylic acids is 2. The average molecular weight is 396 g/mol. The SMILES string of the molecule is O=C1C(Cl)=C(Nc2cc(Cl)cc(Cl)c2)C(=O)N1CCc1ccccc1. The van der Waals surface area contributed by atoms with Gasteiger partial charge < -0.3 is 5.32 Å². The van der Waals surface area contributed by atoms with Crippen molar-refractivity contribution in [3.8, 4) is 0 Å². The summed E-state index contributed by atoms with van der Waals surface area (Å²) in [5.41, 5.74) is 1.54. The molecule has 0 saturated heterocycles. The number of carbonyl (C=O) groups is 2. The van der Waals surface area contributed by atoms with Crippen LogP contribution in [0.15, 0.2) is 59.3 Å². The van der Waals surface area contributed by atoms with E-state index in [-0.39, 0.29) is 17.3 Å². The lowest BCUT2D eigenvalue weighted by Gasteiger charge is -2.15. The van der Waals surface area contributed by atoms with Crippen LogP contribution in [0, 0.1) is 0 Å². The molecule has 1 heterocycles. The highest BCUT2D eigenvalue weighted by atomic mass is 35.5. The monoisotopic (exact) mass is 394 g/mol. The van der Waals surface area contributed by atoms with Gasteiger partial charge in [0.05, 0.1) is 0 Å². The molecule has 1 aliphatic heterocycles. The largest absolute Gasteiger partial charge is 0.350 e. The van der Waals surface area contributed by atoms with Gasteiger partial charge in [0.15, 0.2) is 0 Å². The highest BCUT2D eigenvalue weighted by Gasteiger charge is 2.37. The topological polar surface area (TPSA) is 49.4 Å². The Labute approximate surface area is 160 Å². The van der Waals surface area contributed by atoms with Crippen molar-refractivity contribution in [2.45, 2.75) is 6.42 Å². The predicted octanol–water partition coefficient (Wildman–Crippen LogP) is 4.47. The number of benzene rings is 2.